The number of hydrogen-bond acceptors (Lipinski definition) is 5. The van der Waals surface area contributed by atoms with Crippen LogP contribution in [0.2, 0.25) is 10.0 Å². The molecule has 2 aromatic carbocycles. The molecule has 0 unspecified atom stereocenters. The van der Waals surface area contributed by atoms with Gasteiger partial charge in [0.2, 0.25) is 5.91 Å². The largest absolute Gasteiger partial charge is 0.451 e. The molecule has 10 heteroatoms. The van der Waals surface area contributed by atoms with Gasteiger partial charge >= 0.3 is 0 Å². The van der Waals surface area contributed by atoms with Crippen LogP contribution in [0, 0.1) is 5.92 Å². The molecule has 2 amide bonds. The topological polar surface area (TPSA) is 77.8 Å². The second-order valence-corrected chi connectivity index (χ2v) is 9.96. The van der Waals surface area contributed by atoms with E-state index in [0.717, 1.165) is 11.3 Å². The fraction of sp³-hybridized carbons (Fsp3) is 0.269. The second kappa shape index (κ2) is 11.3. The van der Waals surface area contributed by atoms with Crippen molar-refractivity contribution in [3.05, 3.63) is 70.4 Å². The number of carbonyl (C=O) groups excluding carboxylic acids is 2. The van der Waals surface area contributed by atoms with Gasteiger partial charge in [-0.2, -0.15) is 0 Å². The van der Waals surface area contributed by atoms with Crippen LogP contribution < -0.4 is 15.5 Å². The van der Waals surface area contributed by atoms with Gasteiger partial charge in [0.15, 0.2) is 10.9 Å². The number of halogens is 2. The lowest BCUT2D eigenvalue weighted by molar-refractivity contribution is -0.134. The molecule has 0 radical (unpaired) electrons. The van der Waals surface area contributed by atoms with Gasteiger partial charge < -0.3 is 19.5 Å². The molecule has 1 saturated heterocycles. The molecule has 1 aromatic heterocycles. The highest BCUT2D eigenvalue weighted by Crippen LogP contribution is 2.30. The Kier molecular flexibility index (Phi) is 8.18. The molecule has 2 N–H and O–H groups in total. The van der Waals surface area contributed by atoms with Crippen molar-refractivity contribution in [3.63, 3.8) is 0 Å². The van der Waals surface area contributed by atoms with Gasteiger partial charge in [-0.25, -0.2) is 0 Å². The molecule has 0 spiro atoms. The van der Waals surface area contributed by atoms with Crippen LogP contribution in [0.15, 0.2) is 59.0 Å². The molecule has 1 aliphatic heterocycles. The summed E-state index contributed by atoms with van der Waals surface area (Å²) in [5.41, 5.74) is 2.34. The number of nitrogens with one attached hydrogen (secondary N) is 2. The van der Waals surface area contributed by atoms with Crippen LogP contribution in [0.4, 0.5) is 11.4 Å². The van der Waals surface area contributed by atoms with Crippen molar-refractivity contribution in [2.24, 2.45) is 5.92 Å². The summed E-state index contributed by atoms with van der Waals surface area (Å²) in [6.07, 6.45) is 0. The third-order valence-electron chi connectivity index (χ3n) is 5.82. The van der Waals surface area contributed by atoms with Crippen LogP contribution in [0.5, 0.6) is 0 Å². The first kappa shape index (κ1) is 26.0. The van der Waals surface area contributed by atoms with E-state index in [9.17, 15) is 9.59 Å². The van der Waals surface area contributed by atoms with Crippen molar-refractivity contribution in [3.8, 4) is 11.3 Å². The Labute approximate surface area is 225 Å². The first-order valence-electron chi connectivity index (χ1n) is 11.5. The monoisotopic (exact) mass is 544 g/mol. The predicted octanol–water partition coefficient (Wildman–Crippen LogP) is 5.68. The van der Waals surface area contributed by atoms with E-state index >= 15 is 0 Å². The molecule has 1 aliphatic rings. The molecule has 0 saturated carbocycles. The van der Waals surface area contributed by atoms with Crippen LogP contribution >= 0.6 is 35.4 Å². The lowest BCUT2D eigenvalue weighted by Crippen LogP contribution is -2.50. The van der Waals surface area contributed by atoms with Crippen molar-refractivity contribution in [1.29, 1.82) is 0 Å². The van der Waals surface area contributed by atoms with Gasteiger partial charge in [-0.05, 0) is 66.8 Å². The Morgan fingerprint density at radius 3 is 2.31 bits per heavy atom. The molecular formula is C26H26Cl2N4O3S. The van der Waals surface area contributed by atoms with Crippen molar-refractivity contribution in [2.75, 3.05) is 36.4 Å². The first-order valence-corrected chi connectivity index (χ1v) is 12.7. The van der Waals surface area contributed by atoms with Gasteiger partial charge in [0.05, 0.1) is 10.7 Å². The smallest absolute Gasteiger partial charge is 0.293 e. The quantitative estimate of drug-likeness (QED) is 0.402. The summed E-state index contributed by atoms with van der Waals surface area (Å²) in [7, 11) is 0. The number of furan rings is 1. The van der Waals surface area contributed by atoms with E-state index in [1.165, 1.54) is 0 Å². The summed E-state index contributed by atoms with van der Waals surface area (Å²) < 4.78 is 5.67. The number of piperazine rings is 1. The van der Waals surface area contributed by atoms with E-state index in [2.05, 4.69) is 15.5 Å². The summed E-state index contributed by atoms with van der Waals surface area (Å²) in [6.45, 7) is 6.57. The summed E-state index contributed by atoms with van der Waals surface area (Å²) in [6, 6.07) is 15.9. The van der Waals surface area contributed by atoms with Gasteiger partial charge in [0.1, 0.15) is 5.76 Å². The molecule has 0 atom stereocenters. The standard InChI is InChI=1S/C26H26Cl2N4O3S/c1-16(2)25(34)32-13-11-31(12-14-32)21-8-7-19(15-20(21)28)29-26(36)30-24(33)23-10-9-22(35-23)17-3-5-18(27)6-4-17/h3-10,15-16H,11-14H2,1-2H3,(H2,29,30,33,36). The molecule has 2 heterocycles. The van der Waals surface area contributed by atoms with Crippen LogP contribution in [-0.4, -0.2) is 48.0 Å². The van der Waals surface area contributed by atoms with Crippen LogP contribution in [-0.2, 0) is 4.79 Å². The number of thiocarbonyl (C=S) groups is 1. The highest BCUT2D eigenvalue weighted by molar-refractivity contribution is 7.80. The summed E-state index contributed by atoms with van der Waals surface area (Å²) in [5, 5.41) is 6.89. The lowest BCUT2D eigenvalue weighted by atomic mass is 10.1. The molecule has 7 nitrogen and oxygen atoms in total. The Balaban J connectivity index is 1.32. The summed E-state index contributed by atoms with van der Waals surface area (Å²) in [5.74, 6) is 0.379. The molecule has 0 aliphatic carbocycles. The fourth-order valence-corrected chi connectivity index (χ4v) is 4.57. The molecule has 4 rings (SSSR count). The van der Waals surface area contributed by atoms with Crippen LogP contribution in [0.25, 0.3) is 11.3 Å². The van der Waals surface area contributed by atoms with E-state index in [-0.39, 0.29) is 22.7 Å². The van der Waals surface area contributed by atoms with Crippen LogP contribution in [0.1, 0.15) is 24.4 Å². The van der Waals surface area contributed by atoms with Gasteiger partial charge in [0.25, 0.3) is 5.91 Å². The molecule has 0 bridgehead atoms. The number of rotatable bonds is 5. The molecular weight excluding hydrogens is 519 g/mol. The maximum absolute atomic E-state index is 12.6. The number of anilines is 2. The van der Waals surface area contributed by atoms with Crippen molar-refractivity contribution < 1.29 is 14.0 Å². The fourth-order valence-electron chi connectivity index (χ4n) is 3.93. The van der Waals surface area contributed by atoms with Crippen molar-refractivity contribution >= 4 is 63.7 Å². The van der Waals surface area contributed by atoms with Crippen molar-refractivity contribution in [2.45, 2.75) is 13.8 Å². The average Bonchev–Trinajstić information content (AvgIpc) is 3.35. The number of nitrogens with zero attached hydrogens (tertiary/aromatic N) is 2. The Morgan fingerprint density at radius 1 is 0.972 bits per heavy atom. The van der Waals surface area contributed by atoms with Gasteiger partial charge in [-0.3, -0.25) is 14.9 Å². The van der Waals surface area contributed by atoms with Crippen molar-refractivity contribution in [1.82, 2.24) is 10.2 Å². The number of carbonyl (C=O) groups is 2. The first-order chi connectivity index (χ1) is 17.2. The Morgan fingerprint density at radius 2 is 1.67 bits per heavy atom. The number of hydrogen-bond donors (Lipinski definition) is 2. The lowest BCUT2D eigenvalue weighted by Gasteiger charge is -2.37. The second-order valence-electron chi connectivity index (χ2n) is 8.71. The third kappa shape index (κ3) is 6.19. The zero-order valence-electron chi connectivity index (χ0n) is 19.9. The van der Waals surface area contributed by atoms with Gasteiger partial charge in [-0.15, -0.1) is 0 Å². The maximum Gasteiger partial charge on any atom is 0.293 e. The third-order valence-corrected chi connectivity index (χ3v) is 6.58. The van der Waals surface area contributed by atoms with E-state index in [1.807, 2.05) is 43.0 Å². The number of benzene rings is 2. The average molecular weight is 545 g/mol. The minimum absolute atomic E-state index is 0.00635. The Hall–Kier alpha value is -3.07. The zero-order chi connectivity index (χ0) is 25.8. The maximum atomic E-state index is 12.6. The molecule has 1 fully saturated rings. The minimum atomic E-state index is -0.468. The Bertz CT molecular complexity index is 1270. The normalized spacial score (nSPS) is 13.6. The van der Waals surface area contributed by atoms with E-state index < -0.39 is 5.91 Å². The predicted molar refractivity (Wildman–Crippen MR) is 148 cm³/mol. The highest BCUT2D eigenvalue weighted by Gasteiger charge is 2.24. The highest BCUT2D eigenvalue weighted by atomic mass is 35.5. The van der Waals surface area contributed by atoms with E-state index in [1.54, 1.807) is 30.3 Å². The summed E-state index contributed by atoms with van der Waals surface area (Å²) in [4.78, 5) is 28.8. The van der Waals surface area contributed by atoms with E-state index in [4.69, 9.17) is 39.8 Å². The minimum Gasteiger partial charge on any atom is -0.451 e. The molecule has 3 aromatic rings. The SMILES string of the molecule is CC(C)C(=O)N1CCN(c2ccc(NC(=S)NC(=O)c3ccc(-c4ccc(Cl)cc4)o3)cc2Cl)CC1. The summed E-state index contributed by atoms with van der Waals surface area (Å²) >= 11 is 17.8. The van der Waals surface area contributed by atoms with E-state index in [0.29, 0.717) is 47.7 Å². The molecule has 188 valence electrons. The zero-order valence-corrected chi connectivity index (χ0v) is 22.2. The molecule has 36 heavy (non-hydrogen) atoms. The van der Waals surface area contributed by atoms with Crippen LogP contribution in [0.3, 0.4) is 0 Å². The van der Waals surface area contributed by atoms with Gasteiger partial charge in [-0.1, -0.05) is 37.0 Å². The van der Waals surface area contributed by atoms with Gasteiger partial charge in [0, 0.05) is 48.4 Å². The number of amides is 2.